The van der Waals surface area contributed by atoms with Gasteiger partial charge in [0.2, 0.25) is 0 Å². The summed E-state index contributed by atoms with van der Waals surface area (Å²) in [6.45, 7) is 6.50. The highest BCUT2D eigenvalue weighted by Crippen LogP contribution is 2.22. The number of ether oxygens (including phenoxy) is 2. The summed E-state index contributed by atoms with van der Waals surface area (Å²) in [5, 5.41) is 3.14. The molecule has 1 aliphatic heterocycles. The minimum atomic E-state index is 0.0281. The SMILES string of the molecule is Cc1cc(C)nc(OC2CCC(NC(=O)N3CCOCC3)CC2)n1. The summed E-state index contributed by atoms with van der Waals surface area (Å²) in [5.74, 6) is 0. The van der Waals surface area contributed by atoms with Crippen molar-refractivity contribution in [1.82, 2.24) is 20.2 Å². The molecule has 1 saturated carbocycles. The highest BCUT2D eigenvalue weighted by Gasteiger charge is 2.26. The van der Waals surface area contributed by atoms with E-state index in [4.69, 9.17) is 9.47 Å². The lowest BCUT2D eigenvalue weighted by Crippen LogP contribution is -2.50. The molecule has 1 aromatic rings. The Bertz CT molecular complexity index is 547. The van der Waals surface area contributed by atoms with Crippen LogP contribution in [-0.4, -0.2) is 59.3 Å². The summed E-state index contributed by atoms with van der Waals surface area (Å²) in [7, 11) is 0. The largest absolute Gasteiger partial charge is 0.460 e. The van der Waals surface area contributed by atoms with Crippen LogP contribution in [0.25, 0.3) is 0 Å². The number of carbonyl (C=O) groups is 1. The van der Waals surface area contributed by atoms with E-state index in [0.29, 0.717) is 32.3 Å². The van der Waals surface area contributed by atoms with Gasteiger partial charge in [0.05, 0.1) is 13.2 Å². The highest BCUT2D eigenvalue weighted by atomic mass is 16.5. The lowest BCUT2D eigenvalue weighted by atomic mass is 9.93. The second-order valence-corrected chi connectivity index (χ2v) is 6.57. The van der Waals surface area contributed by atoms with Gasteiger partial charge in [-0.15, -0.1) is 0 Å². The van der Waals surface area contributed by atoms with Crippen LogP contribution in [0.2, 0.25) is 0 Å². The van der Waals surface area contributed by atoms with Gasteiger partial charge in [0.1, 0.15) is 6.10 Å². The Morgan fingerprint density at radius 2 is 1.79 bits per heavy atom. The number of amides is 2. The maximum Gasteiger partial charge on any atom is 0.317 e. The fourth-order valence-electron chi connectivity index (χ4n) is 3.25. The minimum Gasteiger partial charge on any atom is -0.460 e. The first-order valence-corrected chi connectivity index (χ1v) is 8.72. The van der Waals surface area contributed by atoms with Crippen molar-refractivity contribution in [1.29, 1.82) is 0 Å². The average molecular weight is 334 g/mol. The van der Waals surface area contributed by atoms with E-state index in [1.807, 2.05) is 24.8 Å². The van der Waals surface area contributed by atoms with Crippen molar-refractivity contribution < 1.29 is 14.3 Å². The van der Waals surface area contributed by atoms with Gasteiger partial charge < -0.3 is 19.7 Å². The third kappa shape index (κ3) is 4.56. The van der Waals surface area contributed by atoms with Crippen molar-refractivity contribution in [2.45, 2.75) is 51.7 Å². The van der Waals surface area contributed by atoms with E-state index in [1.165, 1.54) is 0 Å². The molecule has 2 fully saturated rings. The summed E-state index contributed by atoms with van der Waals surface area (Å²) < 4.78 is 11.2. The van der Waals surface area contributed by atoms with E-state index < -0.39 is 0 Å². The molecule has 132 valence electrons. The first-order valence-electron chi connectivity index (χ1n) is 8.72. The zero-order valence-electron chi connectivity index (χ0n) is 14.5. The zero-order chi connectivity index (χ0) is 16.9. The van der Waals surface area contributed by atoms with Crippen LogP contribution in [0.1, 0.15) is 37.1 Å². The van der Waals surface area contributed by atoms with Crippen LogP contribution >= 0.6 is 0 Å². The third-order valence-electron chi connectivity index (χ3n) is 4.53. The molecule has 2 aliphatic rings. The lowest BCUT2D eigenvalue weighted by Gasteiger charge is -2.32. The average Bonchev–Trinajstić information content (AvgIpc) is 2.56. The number of aryl methyl sites for hydroxylation is 2. The van der Waals surface area contributed by atoms with Crippen molar-refractivity contribution >= 4 is 6.03 Å². The van der Waals surface area contributed by atoms with Gasteiger partial charge in [-0.1, -0.05) is 0 Å². The summed E-state index contributed by atoms with van der Waals surface area (Å²) in [6, 6.07) is 2.65. The first-order chi connectivity index (χ1) is 11.6. The fourth-order valence-corrected chi connectivity index (χ4v) is 3.25. The van der Waals surface area contributed by atoms with Crippen molar-refractivity contribution in [2.24, 2.45) is 0 Å². The number of nitrogens with one attached hydrogen (secondary N) is 1. The zero-order valence-corrected chi connectivity index (χ0v) is 14.5. The first kappa shape index (κ1) is 17.0. The highest BCUT2D eigenvalue weighted by molar-refractivity contribution is 5.74. The Labute approximate surface area is 142 Å². The minimum absolute atomic E-state index is 0.0281. The molecule has 3 rings (SSSR count). The molecule has 2 amide bonds. The smallest absolute Gasteiger partial charge is 0.317 e. The molecule has 1 saturated heterocycles. The van der Waals surface area contributed by atoms with Crippen LogP contribution in [0.5, 0.6) is 6.01 Å². The molecule has 24 heavy (non-hydrogen) atoms. The predicted octanol–water partition coefficient (Wildman–Crippen LogP) is 1.83. The molecule has 1 N–H and O–H groups in total. The third-order valence-corrected chi connectivity index (χ3v) is 4.53. The summed E-state index contributed by atoms with van der Waals surface area (Å²) in [6.07, 6.45) is 3.79. The Morgan fingerprint density at radius 1 is 1.17 bits per heavy atom. The number of hydrogen-bond donors (Lipinski definition) is 1. The molecular weight excluding hydrogens is 308 g/mol. The van der Waals surface area contributed by atoms with Gasteiger partial charge in [-0.2, -0.15) is 0 Å². The number of morpholine rings is 1. The molecular formula is C17H26N4O3. The lowest BCUT2D eigenvalue weighted by molar-refractivity contribution is 0.0513. The van der Waals surface area contributed by atoms with Crippen LogP contribution in [0, 0.1) is 13.8 Å². The van der Waals surface area contributed by atoms with Crippen molar-refractivity contribution in [2.75, 3.05) is 26.3 Å². The Morgan fingerprint density at radius 3 is 2.42 bits per heavy atom. The van der Waals surface area contributed by atoms with Gasteiger partial charge in [0.15, 0.2) is 0 Å². The van der Waals surface area contributed by atoms with Gasteiger partial charge in [-0.05, 0) is 45.6 Å². The topological polar surface area (TPSA) is 76.6 Å². The van der Waals surface area contributed by atoms with E-state index >= 15 is 0 Å². The number of aromatic nitrogens is 2. The maximum atomic E-state index is 12.2. The van der Waals surface area contributed by atoms with Gasteiger partial charge >= 0.3 is 12.0 Å². The monoisotopic (exact) mass is 334 g/mol. The van der Waals surface area contributed by atoms with Crippen LogP contribution in [0.3, 0.4) is 0 Å². The van der Waals surface area contributed by atoms with E-state index in [0.717, 1.165) is 37.1 Å². The van der Waals surface area contributed by atoms with Gasteiger partial charge in [-0.25, -0.2) is 14.8 Å². The maximum absolute atomic E-state index is 12.2. The Hall–Kier alpha value is -1.89. The Kier molecular flexibility index (Phi) is 5.50. The number of rotatable bonds is 3. The second-order valence-electron chi connectivity index (χ2n) is 6.57. The molecule has 0 spiro atoms. The molecule has 0 unspecified atom stereocenters. The second kappa shape index (κ2) is 7.79. The summed E-state index contributed by atoms with van der Waals surface area (Å²) in [4.78, 5) is 22.7. The van der Waals surface area contributed by atoms with E-state index in [1.54, 1.807) is 0 Å². The summed E-state index contributed by atoms with van der Waals surface area (Å²) >= 11 is 0. The van der Waals surface area contributed by atoms with E-state index in [2.05, 4.69) is 15.3 Å². The van der Waals surface area contributed by atoms with Crippen molar-refractivity contribution in [3.63, 3.8) is 0 Å². The quantitative estimate of drug-likeness (QED) is 0.912. The number of urea groups is 1. The molecule has 7 heteroatoms. The molecule has 1 aromatic heterocycles. The molecule has 2 heterocycles. The summed E-state index contributed by atoms with van der Waals surface area (Å²) in [5.41, 5.74) is 1.84. The van der Waals surface area contributed by atoms with Crippen molar-refractivity contribution in [3.8, 4) is 6.01 Å². The number of hydrogen-bond acceptors (Lipinski definition) is 5. The molecule has 0 aromatic carbocycles. The predicted molar refractivity (Wildman–Crippen MR) is 89.1 cm³/mol. The van der Waals surface area contributed by atoms with E-state index in [9.17, 15) is 4.79 Å². The molecule has 0 radical (unpaired) electrons. The van der Waals surface area contributed by atoms with Gasteiger partial charge in [0, 0.05) is 30.5 Å². The fraction of sp³-hybridized carbons (Fsp3) is 0.706. The Balaban J connectivity index is 1.44. The van der Waals surface area contributed by atoms with Crippen LogP contribution in [0.15, 0.2) is 6.07 Å². The van der Waals surface area contributed by atoms with Crippen molar-refractivity contribution in [3.05, 3.63) is 17.5 Å². The molecule has 0 bridgehead atoms. The van der Waals surface area contributed by atoms with Gasteiger partial charge in [0.25, 0.3) is 0 Å². The van der Waals surface area contributed by atoms with Crippen LogP contribution in [-0.2, 0) is 4.74 Å². The number of carbonyl (C=O) groups excluding carboxylic acids is 1. The standard InChI is InChI=1S/C17H26N4O3/c1-12-11-13(2)19-16(18-12)24-15-5-3-14(4-6-15)20-17(22)21-7-9-23-10-8-21/h11,14-15H,3-10H2,1-2H3,(H,20,22). The van der Waals surface area contributed by atoms with Gasteiger partial charge in [-0.3, -0.25) is 0 Å². The van der Waals surface area contributed by atoms with E-state index in [-0.39, 0.29) is 18.2 Å². The van der Waals surface area contributed by atoms with Crippen LogP contribution in [0.4, 0.5) is 4.79 Å². The normalized spacial score (nSPS) is 24.5. The van der Waals surface area contributed by atoms with Crippen LogP contribution < -0.4 is 10.1 Å². The molecule has 7 nitrogen and oxygen atoms in total. The molecule has 1 aliphatic carbocycles. The molecule has 0 atom stereocenters. The number of nitrogens with zero attached hydrogens (tertiary/aromatic N) is 3.